The molecule has 1 aliphatic heterocycles. The van der Waals surface area contributed by atoms with Crippen LogP contribution >= 0.6 is 12.4 Å². The molecule has 1 aromatic carbocycles. The van der Waals surface area contributed by atoms with E-state index < -0.39 is 0 Å². The van der Waals surface area contributed by atoms with Crippen molar-refractivity contribution in [1.29, 1.82) is 0 Å². The average molecular weight is 298 g/mol. The van der Waals surface area contributed by atoms with Crippen molar-refractivity contribution < 1.29 is 4.79 Å². The summed E-state index contributed by atoms with van der Waals surface area (Å²) in [5.74, 6) is 0.412. The predicted molar refractivity (Wildman–Crippen MR) is 84.5 cm³/mol. The molecule has 0 radical (unpaired) electrons. The fraction of sp³-hybridized carbons (Fsp3) is 0.533. The average Bonchev–Trinajstić information content (AvgIpc) is 2.37. The van der Waals surface area contributed by atoms with Crippen molar-refractivity contribution in [2.75, 3.05) is 18.8 Å². The van der Waals surface area contributed by atoms with Crippen LogP contribution in [-0.4, -0.2) is 23.9 Å². The summed E-state index contributed by atoms with van der Waals surface area (Å²) < 4.78 is 0. The van der Waals surface area contributed by atoms with Gasteiger partial charge in [-0.25, -0.2) is 0 Å². The lowest BCUT2D eigenvalue weighted by atomic mass is 9.93. The molecule has 1 aromatic rings. The van der Waals surface area contributed by atoms with Gasteiger partial charge in [0.1, 0.15) is 0 Å². The third-order valence-electron chi connectivity index (χ3n) is 3.76. The smallest absolute Gasteiger partial charge is 0.217 e. The summed E-state index contributed by atoms with van der Waals surface area (Å²) in [6, 6.07) is 8.06. The summed E-state index contributed by atoms with van der Waals surface area (Å²) in [6.07, 6.45) is 3.84. The number of nitrogen functional groups attached to an aromatic ring is 1. The lowest BCUT2D eigenvalue weighted by Crippen LogP contribution is -2.35. The number of carbonyl (C=O) groups excluding carboxylic acids is 1. The molecule has 1 fully saturated rings. The van der Waals surface area contributed by atoms with E-state index in [-0.39, 0.29) is 18.3 Å². The second-order valence-corrected chi connectivity index (χ2v) is 5.49. The minimum Gasteiger partial charge on any atom is -0.399 e. The first-order valence-electron chi connectivity index (χ1n) is 6.98. The van der Waals surface area contributed by atoms with E-state index >= 15 is 0 Å². The summed E-state index contributed by atoms with van der Waals surface area (Å²) in [5, 5.41) is 0. The summed E-state index contributed by atoms with van der Waals surface area (Å²) in [7, 11) is 0. The number of carbonyl (C=O) groups is 1. The number of rotatable bonds is 5. The van der Waals surface area contributed by atoms with Crippen LogP contribution in [0, 0.1) is 5.92 Å². The number of hydrogen-bond acceptors (Lipinski definition) is 3. The van der Waals surface area contributed by atoms with Gasteiger partial charge >= 0.3 is 0 Å². The van der Waals surface area contributed by atoms with Crippen molar-refractivity contribution in [2.24, 2.45) is 11.7 Å². The van der Waals surface area contributed by atoms with Crippen LogP contribution in [0.25, 0.3) is 0 Å². The van der Waals surface area contributed by atoms with Crippen LogP contribution in [0.3, 0.4) is 0 Å². The number of hydrogen-bond donors (Lipinski definition) is 2. The highest BCUT2D eigenvalue weighted by Crippen LogP contribution is 2.22. The Morgan fingerprint density at radius 1 is 1.40 bits per heavy atom. The minimum absolute atomic E-state index is 0. The van der Waals surface area contributed by atoms with Gasteiger partial charge in [-0.2, -0.15) is 0 Å². The molecule has 1 heterocycles. The molecule has 112 valence electrons. The van der Waals surface area contributed by atoms with Crippen molar-refractivity contribution in [2.45, 2.75) is 32.2 Å². The topological polar surface area (TPSA) is 72.4 Å². The first-order valence-corrected chi connectivity index (χ1v) is 6.98. The number of nitrogens with zero attached hydrogens (tertiary/aromatic N) is 1. The molecule has 0 saturated carbocycles. The van der Waals surface area contributed by atoms with Gasteiger partial charge in [0.2, 0.25) is 5.91 Å². The summed E-state index contributed by atoms with van der Waals surface area (Å²) in [6.45, 7) is 3.13. The van der Waals surface area contributed by atoms with E-state index in [4.69, 9.17) is 11.5 Å². The Kier molecular flexibility index (Phi) is 6.82. The lowest BCUT2D eigenvalue weighted by Gasteiger charge is -2.32. The second-order valence-electron chi connectivity index (χ2n) is 5.49. The van der Waals surface area contributed by atoms with E-state index in [1.165, 1.54) is 18.4 Å². The van der Waals surface area contributed by atoms with Gasteiger partial charge in [0.05, 0.1) is 0 Å². The van der Waals surface area contributed by atoms with Crippen LogP contribution in [0.4, 0.5) is 5.69 Å². The van der Waals surface area contributed by atoms with Gasteiger partial charge in [-0.05, 0) is 49.4 Å². The van der Waals surface area contributed by atoms with E-state index in [9.17, 15) is 4.79 Å². The number of halogens is 1. The van der Waals surface area contributed by atoms with Crippen LogP contribution in [0.1, 0.15) is 31.2 Å². The zero-order valence-corrected chi connectivity index (χ0v) is 12.6. The van der Waals surface area contributed by atoms with Crippen molar-refractivity contribution in [3.63, 3.8) is 0 Å². The molecule has 1 amide bonds. The molecule has 5 heteroatoms. The largest absolute Gasteiger partial charge is 0.399 e. The SMILES string of the molecule is Cl.NC(=O)CCC1CCCN(Cc2cccc(N)c2)C1. The highest BCUT2D eigenvalue weighted by atomic mass is 35.5. The molecular formula is C15H24ClN3O. The van der Waals surface area contributed by atoms with Gasteiger partial charge in [0.15, 0.2) is 0 Å². The molecule has 0 aromatic heterocycles. The maximum Gasteiger partial charge on any atom is 0.217 e. The highest BCUT2D eigenvalue weighted by molar-refractivity contribution is 5.85. The van der Waals surface area contributed by atoms with E-state index in [0.717, 1.165) is 31.7 Å². The minimum atomic E-state index is -0.187. The van der Waals surface area contributed by atoms with Crippen molar-refractivity contribution in [3.8, 4) is 0 Å². The zero-order valence-electron chi connectivity index (χ0n) is 11.8. The number of amides is 1. The molecule has 4 nitrogen and oxygen atoms in total. The fourth-order valence-corrected chi connectivity index (χ4v) is 2.83. The molecule has 1 unspecified atom stereocenters. The highest BCUT2D eigenvalue weighted by Gasteiger charge is 2.20. The zero-order chi connectivity index (χ0) is 13.7. The molecule has 1 atom stereocenters. The van der Waals surface area contributed by atoms with E-state index in [0.29, 0.717) is 12.3 Å². The van der Waals surface area contributed by atoms with Crippen LogP contribution in [-0.2, 0) is 11.3 Å². The van der Waals surface area contributed by atoms with Crippen molar-refractivity contribution >= 4 is 24.0 Å². The first-order chi connectivity index (χ1) is 9.13. The quantitative estimate of drug-likeness (QED) is 0.818. The second kappa shape index (κ2) is 8.12. The Labute approximate surface area is 126 Å². The lowest BCUT2D eigenvalue weighted by molar-refractivity contribution is -0.118. The molecule has 0 spiro atoms. The van der Waals surface area contributed by atoms with Crippen molar-refractivity contribution in [3.05, 3.63) is 29.8 Å². The number of nitrogens with two attached hydrogens (primary N) is 2. The van der Waals surface area contributed by atoms with Crippen LogP contribution < -0.4 is 11.5 Å². The Hall–Kier alpha value is -1.26. The number of piperidine rings is 1. The Bertz CT molecular complexity index is 439. The first kappa shape index (κ1) is 16.8. The van der Waals surface area contributed by atoms with Crippen LogP contribution in [0.15, 0.2) is 24.3 Å². The Morgan fingerprint density at radius 2 is 2.20 bits per heavy atom. The van der Waals surface area contributed by atoms with Gasteiger partial charge < -0.3 is 11.5 Å². The third kappa shape index (κ3) is 5.39. The maximum absolute atomic E-state index is 10.8. The summed E-state index contributed by atoms with van der Waals surface area (Å²) >= 11 is 0. The number of likely N-dealkylation sites (tertiary alicyclic amines) is 1. The molecular weight excluding hydrogens is 274 g/mol. The van der Waals surface area contributed by atoms with Crippen molar-refractivity contribution in [1.82, 2.24) is 4.90 Å². The van der Waals surface area contributed by atoms with E-state index in [1.54, 1.807) is 0 Å². The van der Waals surface area contributed by atoms with Gasteiger partial charge in [0.25, 0.3) is 0 Å². The maximum atomic E-state index is 10.8. The molecule has 1 aliphatic rings. The Morgan fingerprint density at radius 3 is 2.90 bits per heavy atom. The standard InChI is InChI=1S/C15H23N3O.ClH/c16-14-5-1-3-13(9-14)11-18-8-2-4-12(10-18)6-7-15(17)19;/h1,3,5,9,12H,2,4,6-8,10-11,16H2,(H2,17,19);1H. The number of anilines is 1. The summed E-state index contributed by atoms with van der Waals surface area (Å²) in [5.41, 5.74) is 13.1. The van der Waals surface area contributed by atoms with Crippen LogP contribution in [0.2, 0.25) is 0 Å². The van der Waals surface area contributed by atoms with Crippen LogP contribution in [0.5, 0.6) is 0 Å². The van der Waals surface area contributed by atoms with Gasteiger partial charge in [0, 0.05) is 25.2 Å². The molecule has 0 aliphatic carbocycles. The molecule has 0 bridgehead atoms. The molecule has 2 rings (SSSR count). The molecule has 20 heavy (non-hydrogen) atoms. The van der Waals surface area contributed by atoms with E-state index in [1.807, 2.05) is 18.2 Å². The number of benzene rings is 1. The monoisotopic (exact) mass is 297 g/mol. The normalized spacial score (nSPS) is 19.3. The number of primary amides is 1. The third-order valence-corrected chi connectivity index (χ3v) is 3.76. The summed E-state index contributed by atoms with van der Waals surface area (Å²) in [4.78, 5) is 13.3. The Balaban J connectivity index is 0.00000200. The fourth-order valence-electron chi connectivity index (χ4n) is 2.83. The van der Waals surface area contributed by atoms with E-state index in [2.05, 4.69) is 11.0 Å². The molecule has 4 N–H and O–H groups in total. The van der Waals surface area contributed by atoms with Gasteiger partial charge in [-0.1, -0.05) is 12.1 Å². The van der Waals surface area contributed by atoms with Gasteiger partial charge in [-0.3, -0.25) is 9.69 Å². The molecule has 1 saturated heterocycles. The van der Waals surface area contributed by atoms with Gasteiger partial charge in [-0.15, -0.1) is 12.4 Å². The predicted octanol–water partition coefficient (Wildman–Crippen LogP) is 2.17.